The summed E-state index contributed by atoms with van der Waals surface area (Å²) in [5.74, 6) is 2.63. The maximum atomic E-state index is 5.41. The molecule has 0 aliphatic heterocycles. The normalized spacial score (nSPS) is 11.6. The molecule has 0 N–H and O–H groups in total. The van der Waals surface area contributed by atoms with Gasteiger partial charge in [-0.3, -0.25) is 4.40 Å². The van der Waals surface area contributed by atoms with Crippen LogP contribution < -0.4 is 0 Å². The zero-order valence-electron chi connectivity index (χ0n) is 9.28. The van der Waals surface area contributed by atoms with Crippen LogP contribution in [-0.4, -0.2) is 9.38 Å². The van der Waals surface area contributed by atoms with Crippen LogP contribution in [0.25, 0.3) is 5.65 Å². The van der Waals surface area contributed by atoms with Gasteiger partial charge in [0, 0.05) is 6.20 Å². The van der Waals surface area contributed by atoms with E-state index >= 15 is 0 Å². The van der Waals surface area contributed by atoms with Crippen LogP contribution in [0.4, 0.5) is 0 Å². The topological polar surface area (TPSA) is 17.3 Å². The predicted molar refractivity (Wildman–Crippen MR) is 61.8 cm³/mol. The molecule has 0 aliphatic carbocycles. The van der Waals surface area contributed by atoms with E-state index in [4.69, 9.17) is 6.42 Å². The van der Waals surface area contributed by atoms with E-state index in [0.717, 1.165) is 11.3 Å². The van der Waals surface area contributed by atoms with E-state index < -0.39 is 0 Å². The van der Waals surface area contributed by atoms with E-state index in [1.807, 2.05) is 10.5 Å². The first-order chi connectivity index (χ1) is 7.02. The van der Waals surface area contributed by atoms with Crippen molar-refractivity contribution in [2.45, 2.75) is 26.2 Å². The fourth-order valence-electron chi connectivity index (χ4n) is 1.53. The van der Waals surface area contributed by atoms with Gasteiger partial charge < -0.3 is 0 Å². The van der Waals surface area contributed by atoms with Gasteiger partial charge in [0.1, 0.15) is 11.3 Å². The third-order valence-corrected chi connectivity index (χ3v) is 2.52. The second kappa shape index (κ2) is 3.13. The predicted octanol–water partition coefficient (Wildman–Crippen LogP) is 2.61. The van der Waals surface area contributed by atoms with E-state index in [1.54, 1.807) is 6.20 Å². The number of aromatic nitrogens is 2. The lowest BCUT2D eigenvalue weighted by Crippen LogP contribution is -2.12. The van der Waals surface area contributed by atoms with Crippen molar-refractivity contribution in [1.29, 1.82) is 0 Å². The molecule has 76 valence electrons. The number of hydrogen-bond donors (Lipinski definition) is 0. The SMILES string of the molecule is C#Cc1cnc2ccc(C(C)(C)C)cn12. The largest absolute Gasteiger partial charge is 0.293 e. The van der Waals surface area contributed by atoms with Crippen molar-refractivity contribution in [3.63, 3.8) is 0 Å². The summed E-state index contributed by atoms with van der Waals surface area (Å²) in [5.41, 5.74) is 3.08. The summed E-state index contributed by atoms with van der Waals surface area (Å²) in [7, 11) is 0. The van der Waals surface area contributed by atoms with Crippen LogP contribution in [-0.2, 0) is 5.41 Å². The minimum Gasteiger partial charge on any atom is -0.293 e. The Labute approximate surface area is 90.0 Å². The molecular formula is C13H14N2. The standard InChI is InChI=1S/C13H14N2/c1-5-11-8-14-12-7-6-10(9-15(11)12)13(2,3)4/h1,6-9H,2-4H3. The number of rotatable bonds is 0. The first-order valence-corrected chi connectivity index (χ1v) is 4.96. The third-order valence-electron chi connectivity index (χ3n) is 2.52. The number of hydrogen-bond acceptors (Lipinski definition) is 1. The molecule has 0 radical (unpaired) electrons. The second-order valence-electron chi connectivity index (χ2n) is 4.68. The molecule has 0 fully saturated rings. The summed E-state index contributed by atoms with van der Waals surface area (Å²) in [6.07, 6.45) is 9.20. The number of fused-ring (bicyclic) bond motifs is 1. The molecule has 0 saturated heterocycles. The second-order valence-corrected chi connectivity index (χ2v) is 4.68. The van der Waals surface area contributed by atoms with Crippen LogP contribution in [0.1, 0.15) is 32.0 Å². The molecule has 0 atom stereocenters. The number of terminal acetylenes is 1. The Morgan fingerprint density at radius 1 is 1.33 bits per heavy atom. The number of nitrogens with zero attached hydrogens (tertiary/aromatic N) is 2. The lowest BCUT2D eigenvalue weighted by Gasteiger charge is -2.18. The van der Waals surface area contributed by atoms with Gasteiger partial charge in [-0.1, -0.05) is 32.8 Å². The summed E-state index contributed by atoms with van der Waals surface area (Å²) in [5, 5.41) is 0. The summed E-state index contributed by atoms with van der Waals surface area (Å²) in [6, 6.07) is 4.10. The van der Waals surface area contributed by atoms with Gasteiger partial charge in [0.15, 0.2) is 0 Å². The average molecular weight is 198 g/mol. The molecule has 15 heavy (non-hydrogen) atoms. The zero-order valence-corrected chi connectivity index (χ0v) is 9.28. The monoisotopic (exact) mass is 198 g/mol. The Morgan fingerprint density at radius 2 is 2.07 bits per heavy atom. The Hall–Kier alpha value is -1.75. The average Bonchev–Trinajstić information content (AvgIpc) is 2.57. The Morgan fingerprint density at radius 3 is 2.67 bits per heavy atom. The highest BCUT2D eigenvalue weighted by atomic mass is 15.0. The number of pyridine rings is 1. The molecule has 0 aromatic carbocycles. The maximum Gasteiger partial charge on any atom is 0.137 e. The van der Waals surface area contributed by atoms with Crippen molar-refractivity contribution in [3.05, 3.63) is 35.8 Å². The van der Waals surface area contributed by atoms with Crippen LogP contribution in [0.5, 0.6) is 0 Å². The Kier molecular flexibility index (Phi) is 2.04. The van der Waals surface area contributed by atoms with Crippen molar-refractivity contribution in [1.82, 2.24) is 9.38 Å². The van der Waals surface area contributed by atoms with Crippen molar-refractivity contribution < 1.29 is 0 Å². The highest BCUT2D eigenvalue weighted by molar-refractivity contribution is 5.46. The Bertz CT molecular complexity index is 536. The molecule has 0 amide bonds. The summed E-state index contributed by atoms with van der Waals surface area (Å²) in [4.78, 5) is 4.23. The van der Waals surface area contributed by atoms with Gasteiger partial charge in [-0.05, 0) is 17.0 Å². The smallest absolute Gasteiger partial charge is 0.137 e. The van der Waals surface area contributed by atoms with Gasteiger partial charge in [0.2, 0.25) is 0 Å². The first kappa shape index (κ1) is 9.79. The van der Waals surface area contributed by atoms with Gasteiger partial charge in [-0.25, -0.2) is 4.98 Å². The summed E-state index contributed by atoms with van der Waals surface area (Å²) < 4.78 is 1.96. The molecule has 0 aliphatic rings. The van der Waals surface area contributed by atoms with Crippen molar-refractivity contribution in [2.75, 3.05) is 0 Å². The van der Waals surface area contributed by atoms with Crippen LogP contribution in [0.3, 0.4) is 0 Å². The molecule has 0 spiro atoms. The summed E-state index contributed by atoms with van der Waals surface area (Å²) in [6.45, 7) is 6.54. The molecule has 2 aromatic rings. The van der Waals surface area contributed by atoms with Crippen LogP contribution in [0, 0.1) is 12.3 Å². The highest BCUT2D eigenvalue weighted by Gasteiger charge is 2.14. The molecule has 2 heteroatoms. The van der Waals surface area contributed by atoms with Gasteiger partial charge in [-0.2, -0.15) is 0 Å². The Balaban J connectivity index is 2.69. The van der Waals surface area contributed by atoms with E-state index in [1.165, 1.54) is 5.56 Å². The zero-order chi connectivity index (χ0) is 11.1. The molecule has 0 saturated carbocycles. The van der Waals surface area contributed by atoms with Crippen LogP contribution >= 0.6 is 0 Å². The lowest BCUT2D eigenvalue weighted by molar-refractivity contribution is 0.586. The van der Waals surface area contributed by atoms with E-state index in [2.05, 4.69) is 43.9 Å². The fraction of sp³-hybridized carbons (Fsp3) is 0.308. The van der Waals surface area contributed by atoms with Crippen molar-refractivity contribution in [3.8, 4) is 12.3 Å². The highest BCUT2D eigenvalue weighted by Crippen LogP contribution is 2.22. The van der Waals surface area contributed by atoms with Gasteiger partial charge in [-0.15, -0.1) is 6.42 Å². The molecular weight excluding hydrogens is 184 g/mol. The van der Waals surface area contributed by atoms with Crippen molar-refractivity contribution in [2.24, 2.45) is 0 Å². The first-order valence-electron chi connectivity index (χ1n) is 4.96. The van der Waals surface area contributed by atoms with Gasteiger partial charge >= 0.3 is 0 Å². The van der Waals surface area contributed by atoms with Gasteiger partial charge in [0.25, 0.3) is 0 Å². The summed E-state index contributed by atoms with van der Waals surface area (Å²) >= 11 is 0. The number of imidazole rings is 1. The molecule has 2 aromatic heterocycles. The van der Waals surface area contributed by atoms with Gasteiger partial charge in [0.05, 0.1) is 6.20 Å². The van der Waals surface area contributed by atoms with E-state index in [9.17, 15) is 0 Å². The van der Waals surface area contributed by atoms with E-state index in [0.29, 0.717) is 0 Å². The van der Waals surface area contributed by atoms with E-state index in [-0.39, 0.29) is 5.41 Å². The molecule has 2 nitrogen and oxygen atoms in total. The van der Waals surface area contributed by atoms with Crippen LogP contribution in [0.15, 0.2) is 24.5 Å². The fourth-order valence-corrected chi connectivity index (χ4v) is 1.53. The minimum atomic E-state index is 0.129. The molecule has 2 rings (SSSR count). The quantitative estimate of drug-likeness (QED) is 0.595. The van der Waals surface area contributed by atoms with Crippen molar-refractivity contribution >= 4 is 5.65 Å². The van der Waals surface area contributed by atoms with Crippen LogP contribution in [0.2, 0.25) is 0 Å². The maximum absolute atomic E-state index is 5.41. The molecule has 0 bridgehead atoms. The molecule has 0 unspecified atom stereocenters. The molecule has 2 heterocycles. The third kappa shape index (κ3) is 1.61. The minimum absolute atomic E-state index is 0.129. The lowest BCUT2D eigenvalue weighted by atomic mass is 9.88.